The van der Waals surface area contributed by atoms with Crippen molar-refractivity contribution >= 4 is 11.5 Å². The van der Waals surface area contributed by atoms with Gasteiger partial charge in [0, 0.05) is 29.8 Å². The molecule has 0 radical (unpaired) electrons. The molecule has 3 nitrogen and oxygen atoms in total. The van der Waals surface area contributed by atoms with Crippen molar-refractivity contribution in [2.75, 3.05) is 5.32 Å². The second-order valence-corrected chi connectivity index (χ2v) is 5.25. The standard InChI is InChI=1S/C17H17NO2/c1-12-4-6-14(7-5-12)18-15-9-13(10-16(19)11-15)17-3-2-8-20-17/h2-8,11,13,18H,9-10H2,1H3. The maximum Gasteiger partial charge on any atom is 0.158 e. The van der Waals surface area contributed by atoms with Crippen molar-refractivity contribution in [3.63, 3.8) is 0 Å². The number of furan rings is 1. The lowest BCUT2D eigenvalue weighted by Gasteiger charge is -2.21. The Morgan fingerprint density at radius 2 is 1.95 bits per heavy atom. The first-order chi connectivity index (χ1) is 9.70. The Labute approximate surface area is 118 Å². The molecule has 102 valence electrons. The first-order valence-electron chi connectivity index (χ1n) is 6.81. The van der Waals surface area contributed by atoms with E-state index in [0.29, 0.717) is 6.42 Å². The summed E-state index contributed by atoms with van der Waals surface area (Å²) in [6.07, 6.45) is 4.68. The van der Waals surface area contributed by atoms with Gasteiger partial charge < -0.3 is 9.73 Å². The van der Waals surface area contributed by atoms with E-state index >= 15 is 0 Å². The highest BCUT2D eigenvalue weighted by Gasteiger charge is 2.24. The van der Waals surface area contributed by atoms with Gasteiger partial charge in [-0.2, -0.15) is 0 Å². The number of hydrogen-bond donors (Lipinski definition) is 1. The van der Waals surface area contributed by atoms with Gasteiger partial charge in [-0.15, -0.1) is 0 Å². The Kier molecular flexibility index (Phi) is 3.42. The van der Waals surface area contributed by atoms with E-state index in [4.69, 9.17) is 4.42 Å². The minimum absolute atomic E-state index is 0.135. The Balaban J connectivity index is 1.76. The summed E-state index contributed by atoms with van der Waals surface area (Å²) in [6, 6.07) is 12.0. The van der Waals surface area contributed by atoms with Gasteiger partial charge in [-0.25, -0.2) is 0 Å². The van der Waals surface area contributed by atoms with Crippen molar-refractivity contribution in [2.24, 2.45) is 0 Å². The Morgan fingerprint density at radius 3 is 2.65 bits per heavy atom. The third-order valence-corrected chi connectivity index (χ3v) is 3.55. The molecule has 1 unspecified atom stereocenters. The van der Waals surface area contributed by atoms with Crippen LogP contribution in [0.2, 0.25) is 0 Å². The minimum atomic E-state index is 0.135. The molecule has 0 aliphatic heterocycles. The predicted molar refractivity (Wildman–Crippen MR) is 78.6 cm³/mol. The molecule has 0 saturated carbocycles. The molecular weight excluding hydrogens is 250 g/mol. The lowest BCUT2D eigenvalue weighted by molar-refractivity contribution is -0.115. The fraction of sp³-hybridized carbons (Fsp3) is 0.235. The summed E-state index contributed by atoms with van der Waals surface area (Å²) < 4.78 is 5.43. The van der Waals surface area contributed by atoms with Gasteiger partial charge >= 0.3 is 0 Å². The second kappa shape index (κ2) is 5.37. The zero-order valence-corrected chi connectivity index (χ0v) is 11.4. The van der Waals surface area contributed by atoms with Crippen LogP contribution in [0.5, 0.6) is 0 Å². The number of carbonyl (C=O) groups is 1. The molecule has 3 heteroatoms. The molecule has 3 rings (SSSR count). The monoisotopic (exact) mass is 267 g/mol. The third-order valence-electron chi connectivity index (χ3n) is 3.55. The van der Waals surface area contributed by atoms with E-state index in [0.717, 1.165) is 23.6 Å². The van der Waals surface area contributed by atoms with Gasteiger partial charge in [0.05, 0.1) is 6.26 Å². The van der Waals surface area contributed by atoms with Crippen molar-refractivity contribution in [1.29, 1.82) is 0 Å². The first kappa shape index (κ1) is 12.7. The summed E-state index contributed by atoms with van der Waals surface area (Å²) in [5.74, 6) is 1.16. The van der Waals surface area contributed by atoms with Gasteiger partial charge in [0.1, 0.15) is 5.76 Å². The molecule has 1 aliphatic carbocycles. The van der Waals surface area contributed by atoms with Crippen molar-refractivity contribution in [2.45, 2.75) is 25.7 Å². The van der Waals surface area contributed by atoms with E-state index in [9.17, 15) is 4.79 Å². The number of hydrogen-bond acceptors (Lipinski definition) is 3. The lowest BCUT2D eigenvalue weighted by Crippen LogP contribution is -2.16. The number of anilines is 1. The number of rotatable bonds is 3. The highest BCUT2D eigenvalue weighted by atomic mass is 16.3. The number of benzene rings is 1. The number of ketones is 1. The van der Waals surface area contributed by atoms with E-state index in [2.05, 4.69) is 24.4 Å². The zero-order chi connectivity index (χ0) is 13.9. The van der Waals surface area contributed by atoms with Gasteiger partial charge in [-0.1, -0.05) is 17.7 Å². The summed E-state index contributed by atoms with van der Waals surface area (Å²) in [5.41, 5.74) is 3.18. The molecule has 1 aromatic carbocycles. The van der Waals surface area contributed by atoms with Crippen molar-refractivity contribution in [3.05, 3.63) is 65.8 Å². The summed E-state index contributed by atoms with van der Waals surface area (Å²) >= 11 is 0. The molecule has 1 N–H and O–H groups in total. The molecule has 0 fully saturated rings. The SMILES string of the molecule is Cc1ccc(NC2=CC(=O)CC(c3ccco3)C2)cc1. The van der Waals surface area contributed by atoms with Gasteiger partial charge in [-0.05, 0) is 37.6 Å². The number of aryl methyl sites for hydroxylation is 1. The highest BCUT2D eigenvalue weighted by molar-refractivity contribution is 5.92. The smallest absolute Gasteiger partial charge is 0.158 e. The number of nitrogens with one attached hydrogen (secondary N) is 1. The molecule has 1 aromatic heterocycles. The van der Waals surface area contributed by atoms with E-state index in [-0.39, 0.29) is 11.7 Å². The Morgan fingerprint density at radius 1 is 1.15 bits per heavy atom. The van der Waals surface area contributed by atoms with Crippen LogP contribution in [0, 0.1) is 6.92 Å². The van der Waals surface area contributed by atoms with Gasteiger partial charge in [0.15, 0.2) is 5.78 Å². The average molecular weight is 267 g/mol. The van der Waals surface area contributed by atoms with Gasteiger partial charge in [0.25, 0.3) is 0 Å². The van der Waals surface area contributed by atoms with Crippen LogP contribution in [-0.4, -0.2) is 5.78 Å². The van der Waals surface area contributed by atoms with Crippen LogP contribution < -0.4 is 5.32 Å². The van der Waals surface area contributed by atoms with E-state index < -0.39 is 0 Å². The molecule has 0 bridgehead atoms. The Hall–Kier alpha value is -2.29. The normalized spacial score (nSPS) is 18.8. The largest absolute Gasteiger partial charge is 0.469 e. The minimum Gasteiger partial charge on any atom is -0.469 e. The van der Waals surface area contributed by atoms with Crippen molar-refractivity contribution in [1.82, 2.24) is 0 Å². The van der Waals surface area contributed by atoms with Gasteiger partial charge in [0.2, 0.25) is 0 Å². The second-order valence-electron chi connectivity index (χ2n) is 5.25. The van der Waals surface area contributed by atoms with Crippen molar-refractivity contribution < 1.29 is 9.21 Å². The predicted octanol–water partition coefficient (Wildman–Crippen LogP) is 4.03. The van der Waals surface area contributed by atoms with Crippen LogP contribution in [0.15, 0.2) is 58.9 Å². The van der Waals surface area contributed by atoms with E-state index in [1.807, 2.05) is 24.3 Å². The quantitative estimate of drug-likeness (QED) is 0.913. The molecule has 0 saturated heterocycles. The first-order valence-corrected chi connectivity index (χ1v) is 6.81. The fourth-order valence-corrected chi connectivity index (χ4v) is 2.53. The van der Waals surface area contributed by atoms with E-state index in [1.165, 1.54) is 5.56 Å². The molecule has 1 atom stereocenters. The molecule has 1 heterocycles. The molecule has 1 aliphatic rings. The number of allylic oxidation sites excluding steroid dienone is 2. The van der Waals surface area contributed by atoms with Crippen LogP contribution in [0.4, 0.5) is 5.69 Å². The van der Waals surface area contributed by atoms with Gasteiger partial charge in [-0.3, -0.25) is 4.79 Å². The highest BCUT2D eigenvalue weighted by Crippen LogP contribution is 2.32. The van der Waals surface area contributed by atoms with Crippen LogP contribution >= 0.6 is 0 Å². The average Bonchev–Trinajstić information content (AvgIpc) is 2.95. The summed E-state index contributed by atoms with van der Waals surface area (Å²) in [5, 5.41) is 3.33. The molecule has 20 heavy (non-hydrogen) atoms. The zero-order valence-electron chi connectivity index (χ0n) is 11.4. The fourth-order valence-electron chi connectivity index (χ4n) is 2.53. The number of carbonyl (C=O) groups excluding carboxylic acids is 1. The van der Waals surface area contributed by atoms with E-state index in [1.54, 1.807) is 12.3 Å². The van der Waals surface area contributed by atoms with Crippen LogP contribution in [-0.2, 0) is 4.79 Å². The third kappa shape index (κ3) is 2.82. The van der Waals surface area contributed by atoms with Crippen molar-refractivity contribution in [3.8, 4) is 0 Å². The maximum absolute atomic E-state index is 11.9. The lowest BCUT2D eigenvalue weighted by atomic mass is 9.89. The summed E-state index contributed by atoms with van der Waals surface area (Å²) in [6.45, 7) is 2.06. The molecule has 2 aromatic rings. The van der Waals surface area contributed by atoms with Crippen LogP contribution in [0.1, 0.15) is 30.1 Å². The Bertz CT molecular complexity index is 624. The molecule has 0 spiro atoms. The topological polar surface area (TPSA) is 42.2 Å². The maximum atomic E-state index is 11.9. The summed E-state index contributed by atoms with van der Waals surface area (Å²) in [4.78, 5) is 11.9. The molecular formula is C17H17NO2. The van der Waals surface area contributed by atoms with Crippen LogP contribution in [0.3, 0.4) is 0 Å². The molecule has 0 amide bonds. The van der Waals surface area contributed by atoms with Crippen LogP contribution in [0.25, 0.3) is 0 Å². The summed E-state index contributed by atoms with van der Waals surface area (Å²) in [7, 11) is 0.